The summed E-state index contributed by atoms with van der Waals surface area (Å²) < 4.78 is 27.4. The van der Waals surface area contributed by atoms with Crippen molar-refractivity contribution in [1.29, 1.82) is 0 Å². The number of carbonyl (C=O) groups excluding carboxylic acids is 1. The third-order valence-corrected chi connectivity index (χ3v) is 6.93. The fourth-order valence-electron chi connectivity index (χ4n) is 3.26. The first-order chi connectivity index (χ1) is 15.0. The number of pyridine rings is 2. The summed E-state index contributed by atoms with van der Waals surface area (Å²) in [4.78, 5) is 10.8. The molecule has 3 aromatic rings. The average molecular weight is 600 g/mol. The van der Waals surface area contributed by atoms with E-state index in [1.54, 1.807) is 0 Å². The fraction of sp³-hybridized carbons (Fsp3) is 0.292. The number of benzene rings is 1. The van der Waals surface area contributed by atoms with Crippen LogP contribution in [-0.4, -0.2) is 25.7 Å². The molecule has 0 bridgehead atoms. The van der Waals surface area contributed by atoms with Gasteiger partial charge in [-0.2, -0.15) is 0 Å². The van der Waals surface area contributed by atoms with Crippen molar-refractivity contribution in [3.63, 3.8) is 0 Å². The minimum Gasteiger partial charge on any atom is -1.00 e. The molecule has 0 amide bonds. The van der Waals surface area contributed by atoms with E-state index in [-0.39, 0.29) is 34.0 Å². The first-order valence-electron chi connectivity index (χ1n) is 10.5. The van der Waals surface area contributed by atoms with Crippen molar-refractivity contribution in [1.82, 2.24) is 0 Å². The first-order valence-corrected chi connectivity index (χ1v) is 12.2. The van der Waals surface area contributed by atoms with Crippen LogP contribution in [0.2, 0.25) is 0 Å². The van der Waals surface area contributed by atoms with Gasteiger partial charge in [0.15, 0.2) is 37.9 Å². The van der Waals surface area contributed by atoms with Crippen LogP contribution in [0, 0.1) is 0 Å². The van der Waals surface area contributed by atoms with E-state index < -0.39 is 7.60 Å². The molecule has 0 atom stereocenters. The number of aryl methyl sites for hydroxylation is 1. The molecule has 178 valence electrons. The lowest BCUT2D eigenvalue weighted by Gasteiger charge is -2.15. The van der Waals surface area contributed by atoms with Gasteiger partial charge in [-0.05, 0) is 25.0 Å². The summed E-state index contributed by atoms with van der Waals surface area (Å²) in [6.45, 7) is 5.70. The van der Waals surface area contributed by atoms with Crippen molar-refractivity contribution in [3.05, 3.63) is 84.4 Å². The van der Waals surface area contributed by atoms with E-state index in [9.17, 15) is 9.36 Å². The highest BCUT2D eigenvalue weighted by molar-refractivity contribution is 7.53. The summed E-state index contributed by atoms with van der Waals surface area (Å²) in [6, 6.07) is 15.9. The maximum Gasteiger partial charge on any atom is 0.337 e. The second-order valence-corrected chi connectivity index (χ2v) is 9.30. The SMILES string of the molecule is CCOP(=O)(CC[n+]1ccc(-c2cc[n+](Cc3ccc(C=O)cc3)cc2)cc1)OCC.[Br-].[Br-]. The molecular formula is C24H29Br2N2O4P. The highest BCUT2D eigenvalue weighted by atomic mass is 79.9. The quantitative estimate of drug-likeness (QED) is 0.146. The molecule has 0 radical (unpaired) electrons. The molecule has 0 spiro atoms. The largest absolute Gasteiger partial charge is 1.00 e. The zero-order valence-electron chi connectivity index (χ0n) is 18.8. The maximum absolute atomic E-state index is 12.6. The Labute approximate surface area is 216 Å². The molecule has 2 aromatic heterocycles. The van der Waals surface area contributed by atoms with Gasteiger partial charge < -0.3 is 43.0 Å². The third kappa shape index (κ3) is 8.87. The van der Waals surface area contributed by atoms with Crippen LogP contribution < -0.4 is 43.1 Å². The Bertz CT molecular complexity index is 1020. The summed E-state index contributed by atoms with van der Waals surface area (Å²) in [7, 11) is -3.03. The Balaban J connectivity index is 0.00000272. The van der Waals surface area contributed by atoms with Crippen LogP contribution in [0.4, 0.5) is 0 Å². The van der Waals surface area contributed by atoms with Crippen LogP contribution in [0.25, 0.3) is 11.1 Å². The number of hydrogen-bond acceptors (Lipinski definition) is 4. The maximum atomic E-state index is 12.6. The van der Waals surface area contributed by atoms with E-state index in [1.165, 1.54) is 0 Å². The molecule has 33 heavy (non-hydrogen) atoms. The first kappa shape index (κ1) is 29.3. The lowest BCUT2D eigenvalue weighted by molar-refractivity contribution is -0.692. The number of rotatable bonds is 11. The van der Waals surface area contributed by atoms with Crippen molar-refractivity contribution in [2.24, 2.45) is 0 Å². The normalized spacial score (nSPS) is 10.7. The van der Waals surface area contributed by atoms with Gasteiger partial charge in [0.25, 0.3) is 0 Å². The van der Waals surface area contributed by atoms with Gasteiger partial charge in [0, 0.05) is 35.4 Å². The molecule has 2 heterocycles. The molecule has 0 aliphatic heterocycles. The molecule has 1 aromatic carbocycles. The number of halogens is 2. The van der Waals surface area contributed by atoms with E-state index in [0.29, 0.717) is 31.5 Å². The predicted molar refractivity (Wildman–Crippen MR) is 119 cm³/mol. The molecule has 9 heteroatoms. The van der Waals surface area contributed by atoms with Crippen LogP contribution in [0.1, 0.15) is 29.8 Å². The molecule has 0 saturated carbocycles. The van der Waals surface area contributed by atoms with Gasteiger partial charge in [-0.3, -0.25) is 9.36 Å². The molecule has 3 rings (SSSR count). The van der Waals surface area contributed by atoms with E-state index in [4.69, 9.17) is 9.05 Å². The van der Waals surface area contributed by atoms with E-state index in [0.717, 1.165) is 29.5 Å². The fourth-order valence-corrected chi connectivity index (χ4v) is 4.86. The van der Waals surface area contributed by atoms with Crippen LogP contribution >= 0.6 is 7.60 Å². The third-order valence-electron chi connectivity index (χ3n) is 4.88. The van der Waals surface area contributed by atoms with Gasteiger partial charge >= 0.3 is 7.60 Å². The highest BCUT2D eigenvalue weighted by Gasteiger charge is 2.25. The van der Waals surface area contributed by atoms with Gasteiger partial charge in [-0.25, -0.2) is 9.13 Å². The van der Waals surface area contributed by atoms with Gasteiger partial charge in [-0.1, -0.05) is 24.3 Å². The van der Waals surface area contributed by atoms with Gasteiger partial charge in [-0.15, -0.1) is 0 Å². The van der Waals surface area contributed by atoms with Gasteiger partial charge in [0.1, 0.15) is 12.4 Å². The summed E-state index contributed by atoms with van der Waals surface area (Å²) in [5, 5.41) is 0. The van der Waals surface area contributed by atoms with E-state index in [2.05, 4.69) is 16.7 Å². The standard InChI is InChI=1S/C24H29N2O4P.2BrH/c1-3-29-31(28,30-4-2)18-17-25-13-9-23(10-14-25)24-11-15-26(16-12-24)19-21-5-7-22(20-27)8-6-21;;/h5-16,20H,3-4,17-19H2,1-2H3;2*1H/q+2;;/p-2. The number of aromatic nitrogens is 2. The molecule has 6 nitrogen and oxygen atoms in total. The van der Waals surface area contributed by atoms with Crippen molar-refractivity contribution in [2.75, 3.05) is 19.4 Å². The molecule has 0 unspecified atom stereocenters. The summed E-state index contributed by atoms with van der Waals surface area (Å²) in [5.74, 6) is 0. The molecular weight excluding hydrogens is 571 g/mol. The molecule has 0 N–H and O–H groups in total. The minimum atomic E-state index is -3.03. The van der Waals surface area contributed by atoms with Gasteiger partial charge in [0.05, 0.1) is 13.2 Å². The predicted octanol–water partition coefficient (Wildman–Crippen LogP) is -1.94. The van der Waals surface area contributed by atoms with Crippen molar-refractivity contribution in [3.8, 4) is 11.1 Å². The van der Waals surface area contributed by atoms with Crippen LogP contribution in [0.5, 0.6) is 0 Å². The zero-order valence-corrected chi connectivity index (χ0v) is 22.8. The topological polar surface area (TPSA) is 60.4 Å². The number of nitrogens with zero attached hydrogens (tertiary/aromatic N) is 2. The number of aldehydes is 1. The Morgan fingerprint density at radius 2 is 1.27 bits per heavy atom. The van der Waals surface area contributed by atoms with Crippen LogP contribution in [0.15, 0.2) is 73.3 Å². The summed E-state index contributed by atoms with van der Waals surface area (Å²) >= 11 is 0. The molecule has 0 aliphatic rings. The Kier molecular flexibility index (Phi) is 12.9. The minimum absolute atomic E-state index is 0. The van der Waals surface area contributed by atoms with Crippen LogP contribution in [0.3, 0.4) is 0 Å². The van der Waals surface area contributed by atoms with E-state index in [1.807, 2.05) is 79.6 Å². The number of hydrogen-bond donors (Lipinski definition) is 0. The average Bonchev–Trinajstić information content (AvgIpc) is 2.80. The molecule has 0 fully saturated rings. The van der Waals surface area contributed by atoms with Gasteiger partial charge in [0.2, 0.25) is 0 Å². The summed E-state index contributed by atoms with van der Waals surface area (Å²) in [6.07, 6.45) is 9.25. The number of carbonyl (C=O) groups is 1. The van der Waals surface area contributed by atoms with Crippen molar-refractivity contribution >= 4 is 13.9 Å². The Hall–Kier alpha value is -1.70. The van der Waals surface area contributed by atoms with E-state index >= 15 is 0 Å². The monoisotopic (exact) mass is 598 g/mol. The molecule has 0 aliphatic carbocycles. The summed E-state index contributed by atoms with van der Waals surface area (Å²) in [5.41, 5.74) is 4.05. The Morgan fingerprint density at radius 3 is 1.73 bits per heavy atom. The van der Waals surface area contributed by atoms with Crippen LogP contribution in [-0.2, 0) is 26.7 Å². The lowest BCUT2D eigenvalue weighted by Crippen LogP contribution is -3.00. The van der Waals surface area contributed by atoms with Crippen molar-refractivity contribution in [2.45, 2.75) is 26.9 Å². The lowest BCUT2D eigenvalue weighted by atomic mass is 10.1. The molecule has 0 saturated heterocycles. The second kappa shape index (κ2) is 14.5. The highest BCUT2D eigenvalue weighted by Crippen LogP contribution is 2.47. The van der Waals surface area contributed by atoms with Crippen molar-refractivity contribution < 1.29 is 61.5 Å². The zero-order chi connectivity index (χ0) is 22.1. The Morgan fingerprint density at radius 1 is 0.788 bits per heavy atom. The second-order valence-electron chi connectivity index (χ2n) is 7.11. The smallest absolute Gasteiger partial charge is 0.337 e.